The van der Waals surface area contributed by atoms with E-state index >= 15 is 0 Å². The molecule has 3 rings (SSSR count). The number of anilines is 1. The predicted molar refractivity (Wildman–Crippen MR) is 75.1 cm³/mol. The summed E-state index contributed by atoms with van der Waals surface area (Å²) in [5.41, 5.74) is 1.94. The van der Waals surface area contributed by atoms with Crippen LogP contribution in [0, 0.1) is 0 Å². The van der Waals surface area contributed by atoms with E-state index in [9.17, 15) is 14.4 Å². The number of rotatable bonds is 3. The van der Waals surface area contributed by atoms with Gasteiger partial charge in [-0.2, -0.15) is 0 Å². The number of nitrogens with zero attached hydrogens (tertiary/aromatic N) is 2. The van der Waals surface area contributed by atoms with E-state index in [0.717, 1.165) is 12.0 Å². The molecule has 110 valence electrons. The maximum Gasteiger partial charge on any atom is 0.305 e. The maximum absolute atomic E-state index is 12.3. The molecule has 2 aliphatic heterocycles. The number of fused-ring (bicyclic) bond motifs is 1. The van der Waals surface area contributed by atoms with Crippen LogP contribution in [-0.4, -0.2) is 41.4 Å². The van der Waals surface area contributed by atoms with Gasteiger partial charge in [0.25, 0.3) is 5.91 Å². The van der Waals surface area contributed by atoms with Crippen molar-refractivity contribution in [1.29, 1.82) is 0 Å². The predicted octanol–water partition coefficient (Wildman–Crippen LogP) is 1.41. The molecule has 1 saturated heterocycles. The Bertz CT molecular complexity index is 641. The van der Waals surface area contributed by atoms with Crippen LogP contribution in [0.2, 0.25) is 0 Å². The highest BCUT2D eigenvalue weighted by atomic mass is 16.4. The van der Waals surface area contributed by atoms with Crippen LogP contribution in [0.15, 0.2) is 18.2 Å². The van der Waals surface area contributed by atoms with Crippen LogP contribution < -0.4 is 4.90 Å². The molecule has 6 nitrogen and oxygen atoms in total. The summed E-state index contributed by atoms with van der Waals surface area (Å²) in [5.74, 6) is -1.06. The highest BCUT2D eigenvalue weighted by molar-refractivity contribution is 6.02. The highest BCUT2D eigenvalue weighted by Gasteiger charge is 2.36. The second kappa shape index (κ2) is 4.87. The number of hydrogen-bond donors (Lipinski definition) is 1. The lowest BCUT2D eigenvalue weighted by atomic mass is 10.0. The largest absolute Gasteiger partial charge is 0.481 e. The van der Waals surface area contributed by atoms with Crippen LogP contribution in [0.25, 0.3) is 0 Å². The van der Waals surface area contributed by atoms with E-state index in [0.29, 0.717) is 24.2 Å². The Labute approximate surface area is 122 Å². The molecule has 2 heterocycles. The molecule has 0 aliphatic carbocycles. The van der Waals surface area contributed by atoms with Crippen LogP contribution in [0.4, 0.5) is 5.69 Å². The van der Waals surface area contributed by atoms with Gasteiger partial charge in [0.1, 0.15) is 0 Å². The molecule has 6 heteroatoms. The van der Waals surface area contributed by atoms with Crippen LogP contribution >= 0.6 is 0 Å². The molecule has 1 unspecified atom stereocenters. The smallest absolute Gasteiger partial charge is 0.305 e. The average Bonchev–Trinajstić information content (AvgIpc) is 2.96. The van der Waals surface area contributed by atoms with Crippen molar-refractivity contribution in [3.63, 3.8) is 0 Å². The summed E-state index contributed by atoms with van der Waals surface area (Å²) in [4.78, 5) is 38.1. The van der Waals surface area contributed by atoms with Crippen molar-refractivity contribution in [2.45, 2.75) is 25.3 Å². The van der Waals surface area contributed by atoms with E-state index < -0.39 is 12.0 Å². The molecule has 0 spiro atoms. The summed E-state index contributed by atoms with van der Waals surface area (Å²) in [6, 6.07) is 4.83. The Kier molecular flexibility index (Phi) is 3.16. The summed E-state index contributed by atoms with van der Waals surface area (Å²) in [6.45, 7) is 0.667. The summed E-state index contributed by atoms with van der Waals surface area (Å²) < 4.78 is 0. The van der Waals surface area contributed by atoms with E-state index in [1.165, 1.54) is 4.90 Å². The van der Waals surface area contributed by atoms with Crippen LogP contribution in [-0.2, 0) is 9.59 Å². The normalized spacial score (nSPS) is 21.1. The number of carboxylic acid groups (broad SMARTS) is 1. The second-order valence-corrected chi connectivity index (χ2v) is 5.45. The lowest BCUT2D eigenvalue weighted by molar-refractivity contribution is -0.138. The summed E-state index contributed by atoms with van der Waals surface area (Å²) in [6.07, 6.45) is 1.25. The first-order valence-corrected chi connectivity index (χ1v) is 6.92. The molecular formula is C15H16N2O4. The van der Waals surface area contributed by atoms with Gasteiger partial charge in [-0.05, 0) is 24.1 Å². The van der Waals surface area contributed by atoms with Crippen molar-refractivity contribution >= 4 is 23.5 Å². The molecule has 1 aromatic rings. The van der Waals surface area contributed by atoms with Crippen LogP contribution in [0.3, 0.4) is 0 Å². The SMILES string of the molecule is CN1C(=O)c2cc(N3CCCC3=O)ccc2C1CC(=O)O. The van der Waals surface area contributed by atoms with Gasteiger partial charge >= 0.3 is 5.97 Å². The van der Waals surface area contributed by atoms with E-state index in [-0.39, 0.29) is 18.2 Å². The molecule has 1 atom stereocenters. The zero-order chi connectivity index (χ0) is 15.1. The molecule has 2 aliphatic rings. The number of amides is 2. The van der Waals surface area contributed by atoms with Gasteiger partial charge in [-0.15, -0.1) is 0 Å². The highest BCUT2D eigenvalue weighted by Crippen LogP contribution is 2.37. The van der Waals surface area contributed by atoms with Gasteiger partial charge in [0.2, 0.25) is 5.91 Å². The number of carboxylic acids is 1. The number of carbonyl (C=O) groups excluding carboxylic acids is 2. The first kappa shape index (κ1) is 13.6. The van der Waals surface area contributed by atoms with E-state index in [1.54, 1.807) is 30.1 Å². The topological polar surface area (TPSA) is 77.9 Å². The fraction of sp³-hybridized carbons (Fsp3) is 0.400. The van der Waals surface area contributed by atoms with E-state index in [4.69, 9.17) is 5.11 Å². The van der Waals surface area contributed by atoms with Crippen molar-refractivity contribution in [2.75, 3.05) is 18.5 Å². The molecule has 2 amide bonds. The summed E-state index contributed by atoms with van der Waals surface area (Å²) in [5, 5.41) is 8.97. The zero-order valence-electron chi connectivity index (χ0n) is 11.7. The van der Waals surface area contributed by atoms with Crippen molar-refractivity contribution in [3.05, 3.63) is 29.3 Å². The van der Waals surface area contributed by atoms with Gasteiger partial charge in [0, 0.05) is 31.3 Å². The molecular weight excluding hydrogens is 272 g/mol. The number of hydrogen-bond acceptors (Lipinski definition) is 3. The summed E-state index contributed by atoms with van der Waals surface area (Å²) >= 11 is 0. The first-order valence-electron chi connectivity index (χ1n) is 6.92. The second-order valence-electron chi connectivity index (χ2n) is 5.45. The number of benzene rings is 1. The van der Waals surface area contributed by atoms with Crippen molar-refractivity contribution in [3.8, 4) is 0 Å². The van der Waals surface area contributed by atoms with Gasteiger partial charge in [-0.25, -0.2) is 0 Å². The fourth-order valence-corrected chi connectivity index (χ4v) is 3.06. The van der Waals surface area contributed by atoms with E-state index in [1.807, 2.05) is 0 Å². The molecule has 0 saturated carbocycles. The van der Waals surface area contributed by atoms with E-state index in [2.05, 4.69) is 0 Å². The average molecular weight is 288 g/mol. The standard InChI is InChI=1S/C15H16N2O4/c1-16-12(8-14(19)20)10-5-4-9(7-11(10)15(16)21)17-6-2-3-13(17)18/h4-5,7,12H,2-3,6,8H2,1H3,(H,19,20). The third-order valence-electron chi connectivity index (χ3n) is 4.17. The number of carbonyl (C=O) groups is 3. The molecule has 0 bridgehead atoms. The first-order chi connectivity index (χ1) is 9.99. The third-order valence-corrected chi connectivity index (χ3v) is 4.17. The quantitative estimate of drug-likeness (QED) is 0.912. The zero-order valence-corrected chi connectivity index (χ0v) is 11.7. The lowest BCUT2D eigenvalue weighted by Crippen LogP contribution is -2.25. The Balaban J connectivity index is 1.98. The van der Waals surface area contributed by atoms with Gasteiger partial charge < -0.3 is 14.9 Å². The molecule has 0 radical (unpaired) electrons. The van der Waals surface area contributed by atoms with Gasteiger partial charge in [-0.3, -0.25) is 14.4 Å². The Morgan fingerprint density at radius 1 is 1.38 bits per heavy atom. The van der Waals surface area contributed by atoms with Crippen LogP contribution in [0.5, 0.6) is 0 Å². The third kappa shape index (κ3) is 2.16. The number of aliphatic carboxylic acids is 1. The minimum Gasteiger partial charge on any atom is -0.481 e. The molecule has 1 aromatic carbocycles. The van der Waals surface area contributed by atoms with Crippen molar-refractivity contribution in [2.24, 2.45) is 0 Å². The lowest BCUT2D eigenvalue weighted by Gasteiger charge is -2.18. The Hall–Kier alpha value is -2.37. The molecule has 1 fully saturated rings. The molecule has 1 N–H and O–H groups in total. The van der Waals surface area contributed by atoms with Gasteiger partial charge in [0.05, 0.1) is 12.5 Å². The molecule has 21 heavy (non-hydrogen) atoms. The van der Waals surface area contributed by atoms with Gasteiger partial charge in [-0.1, -0.05) is 6.07 Å². The minimum absolute atomic E-state index is 0.0656. The monoisotopic (exact) mass is 288 g/mol. The molecule has 0 aromatic heterocycles. The van der Waals surface area contributed by atoms with Crippen molar-refractivity contribution < 1.29 is 19.5 Å². The van der Waals surface area contributed by atoms with Crippen LogP contribution in [0.1, 0.15) is 41.2 Å². The van der Waals surface area contributed by atoms with Gasteiger partial charge in [0.15, 0.2) is 0 Å². The van der Waals surface area contributed by atoms with Crippen molar-refractivity contribution in [1.82, 2.24) is 4.90 Å². The minimum atomic E-state index is -0.939. The Morgan fingerprint density at radius 3 is 2.76 bits per heavy atom. The maximum atomic E-state index is 12.3. The fourth-order valence-electron chi connectivity index (χ4n) is 3.06. The Morgan fingerprint density at radius 2 is 2.14 bits per heavy atom. The summed E-state index contributed by atoms with van der Waals surface area (Å²) in [7, 11) is 1.61.